The number of aromatic nitrogens is 4. The molecule has 0 bridgehead atoms. The molecular formula is C29H27BrFN9O4. The zero-order chi connectivity index (χ0) is 30.9. The van der Waals surface area contributed by atoms with Crippen molar-refractivity contribution >= 4 is 56.4 Å². The molecule has 2 aromatic carbocycles. The first-order chi connectivity index (χ1) is 21.4. The highest BCUT2D eigenvalue weighted by atomic mass is 79.9. The average Bonchev–Trinajstić information content (AvgIpc) is 3.70. The monoisotopic (exact) mass is 663 g/mol. The number of nitrogens with one attached hydrogen (secondary N) is 4. The average molecular weight is 664 g/mol. The number of carbonyl (C=O) groups excluding carboxylic acids is 2. The van der Waals surface area contributed by atoms with Crippen molar-refractivity contribution in [1.82, 2.24) is 30.5 Å². The fourth-order valence-corrected chi connectivity index (χ4v) is 4.53. The molecule has 5 aromatic rings. The molecule has 13 nitrogen and oxygen atoms in total. The van der Waals surface area contributed by atoms with Crippen LogP contribution in [-0.4, -0.2) is 49.1 Å². The maximum atomic E-state index is 13.5. The van der Waals surface area contributed by atoms with Gasteiger partial charge in [0.25, 0.3) is 5.91 Å². The Balaban J connectivity index is 1.03. The molecule has 0 aliphatic rings. The lowest BCUT2D eigenvalue weighted by Crippen LogP contribution is -2.23. The highest BCUT2D eigenvalue weighted by molar-refractivity contribution is 9.10. The number of halogens is 2. The number of hydrogen-bond donors (Lipinski definition) is 5. The number of unbranched alkanes of at least 4 members (excludes halogenated alkanes) is 1. The van der Waals surface area contributed by atoms with Crippen LogP contribution in [0.4, 0.5) is 21.6 Å². The normalized spacial score (nSPS) is 11.4. The zero-order valence-corrected chi connectivity index (χ0v) is 24.7. The van der Waals surface area contributed by atoms with E-state index in [-0.39, 0.29) is 33.6 Å². The predicted molar refractivity (Wildman–Crippen MR) is 163 cm³/mol. The van der Waals surface area contributed by atoms with E-state index in [9.17, 15) is 19.2 Å². The Hall–Kier alpha value is -5.15. The van der Waals surface area contributed by atoms with Crippen LogP contribution >= 0.6 is 15.9 Å². The van der Waals surface area contributed by atoms with E-state index in [1.807, 2.05) is 17.6 Å². The second kappa shape index (κ2) is 14.3. The highest BCUT2D eigenvalue weighted by Gasteiger charge is 2.17. The molecule has 0 saturated heterocycles. The maximum Gasteiger partial charge on any atom is 0.253 e. The minimum absolute atomic E-state index is 0.0486. The minimum atomic E-state index is -0.446. The Labute approximate surface area is 258 Å². The van der Waals surface area contributed by atoms with Crippen molar-refractivity contribution in [2.45, 2.75) is 25.8 Å². The molecule has 0 aliphatic heterocycles. The SMILES string of the molecule is O=C(CCCCNc1nonc1C(=Nc1ccc(F)c(Br)c1)NO)Nc1ccc(CNC(=O)c2ccc3nccn3c2)cc1. The van der Waals surface area contributed by atoms with Gasteiger partial charge in [0.05, 0.1) is 15.7 Å². The molecule has 0 spiro atoms. The van der Waals surface area contributed by atoms with Gasteiger partial charge < -0.3 is 20.4 Å². The molecule has 3 heterocycles. The maximum absolute atomic E-state index is 13.5. The van der Waals surface area contributed by atoms with Gasteiger partial charge in [0.15, 0.2) is 11.5 Å². The number of pyridine rings is 1. The summed E-state index contributed by atoms with van der Waals surface area (Å²) in [6, 6.07) is 14.9. The Morgan fingerprint density at radius 1 is 1.07 bits per heavy atom. The van der Waals surface area contributed by atoms with Crippen LogP contribution < -0.4 is 21.4 Å². The second-order valence-electron chi connectivity index (χ2n) is 9.55. The number of hydrogen-bond acceptors (Lipinski definition) is 9. The first-order valence-electron chi connectivity index (χ1n) is 13.5. The van der Waals surface area contributed by atoms with Gasteiger partial charge in [0.2, 0.25) is 11.7 Å². The summed E-state index contributed by atoms with van der Waals surface area (Å²) in [5.74, 6) is -0.577. The summed E-state index contributed by atoms with van der Waals surface area (Å²) in [7, 11) is 0. The van der Waals surface area contributed by atoms with Crippen LogP contribution in [0.1, 0.15) is 40.9 Å². The molecule has 3 aromatic heterocycles. The number of nitrogens with zero attached hydrogens (tertiary/aromatic N) is 5. The van der Waals surface area contributed by atoms with Gasteiger partial charge in [-0.1, -0.05) is 12.1 Å². The van der Waals surface area contributed by atoms with E-state index in [1.54, 1.807) is 47.3 Å². The summed E-state index contributed by atoms with van der Waals surface area (Å²) in [5, 5.41) is 25.9. The van der Waals surface area contributed by atoms with Gasteiger partial charge in [0, 0.05) is 43.8 Å². The number of aliphatic imine (C=N–C) groups is 1. The number of fused-ring (bicyclic) bond motifs is 1. The number of benzene rings is 2. The molecule has 0 saturated carbocycles. The summed E-state index contributed by atoms with van der Waals surface area (Å²) in [6.45, 7) is 0.794. The minimum Gasteiger partial charge on any atom is -0.365 e. The van der Waals surface area contributed by atoms with Crippen molar-refractivity contribution in [3.05, 3.63) is 100 Å². The molecule has 226 valence electrons. The fraction of sp³-hybridized carbons (Fsp3) is 0.172. The molecular weight excluding hydrogens is 637 g/mol. The summed E-state index contributed by atoms with van der Waals surface area (Å²) in [5.41, 5.74) is 5.29. The molecule has 44 heavy (non-hydrogen) atoms. The van der Waals surface area contributed by atoms with E-state index >= 15 is 0 Å². The first kappa shape index (κ1) is 30.3. The number of amidine groups is 1. The third-order valence-electron chi connectivity index (χ3n) is 6.43. The number of carbonyl (C=O) groups is 2. The number of anilines is 2. The third-order valence-corrected chi connectivity index (χ3v) is 7.04. The molecule has 0 atom stereocenters. The van der Waals surface area contributed by atoms with Gasteiger partial charge in [-0.25, -0.2) is 19.0 Å². The van der Waals surface area contributed by atoms with Crippen LogP contribution in [0.25, 0.3) is 5.65 Å². The van der Waals surface area contributed by atoms with Crippen LogP contribution in [0.15, 0.2) is 87.3 Å². The topological polar surface area (TPSA) is 171 Å². The molecule has 5 rings (SSSR count). The van der Waals surface area contributed by atoms with Crippen molar-refractivity contribution in [1.29, 1.82) is 0 Å². The van der Waals surface area contributed by atoms with Crippen molar-refractivity contribution in [2.75, 3.05) is 17.2 Å². The summed E-state index contributed by atoms with van der Waals surface area (Å²) in [6.07, 6.45) is 6.71. The molecule has 2 amide bonds. The lowest BCUT2D eigenvalue weighted by molar-refractivity contribution is -0.116. The summed E-state index contributed by atoms with van der Waals surface area (Å²) >= 11 is 3.09. The van der Waals surface area contributed by atoms with Gasteiger partial charge in [-0.2, -0.15) is 0 Å². The van der Waals surface area contributed by atoms with Gasteiger partial charge in [-0.15, -0.1) is 0 Å². The number of imidazole rings is 1. The van der Waals surface area contributed by atoms with Crippen LogP contribution in [0.3, 0.4) is 0 Å². The van der Waals surface area contributed by atoms with Crippen LogP contribution in [0.5, 0.6) is 0 Å². The van der Waals surface area contributed by atoms with Crippen LogP contribution in [-0.2, 0) is 11.3 Å². The zero-order valence-electron chi connectivity index (χ0n) is 23.1. The standard InChI is InChI=1S/C29H27BrFN9O4/c30-22-15-21(9-10-23(22)31)36-28(37-43)26-27(39-44-38-26)33-12-2-1-3-25(41)35-20-7-4-18(5-8-20)16-34-29(42)19-6-11-24-32-13-14-40(24)17-19/h4-11,13-15,17,43H,1-3,12,16H2,(H,33,39)(H,34,42)(H,35,41)(H,36,37). The summed E-state index contributed by atoms with van der Waals surface area (Å²) < 4.78 is 20.3. The van der Waals surface area contributed by atoms with Gasteiger partial charge in [0.1, 0.15) is 11.5 Å². The molecule has 0 radical (unpaired) electrons. The third kappa shape index (κ3) is 7.81. The Bertz CT molecular complexity index is 1790. The van der Waals surface area contributed by atoms with E-state index in [2.05, 4.69) is 52.2 Å². The van der Waals surface area contributed by atoms with Crippen molar-refractivity contribution < 1.29 is 23.8 Å². The Morgan fingerprint density at radius 2 is 1.91 bits per heavy atom. The highest BCUT2D eigenvalue weighted by Crippen LogP contribution is 2.23. The largest absolute Gasteiger partial charge is 0.365 e. The van der Waals surface area contributed by atoms with Crippen molar-refractivity contribution in [2.24, 2.45) is 4.99 Å². The van der Waals surface area contributed by atoms with E-state index in [4.69, 9.17) is 4.63 Å². The van der Waals surface area contributed by atoms with Crippen molar-refractivity contribution in [3.63, 3.8) is 0 Å². The van der Waals surface area contributed by atoms with E-state index in [1.165, 1.54) is 18.2 Å². The summed E-state index contributed by atoms with van der Waals surface area (Å²) in [4.78, 5) is 33.3. The predicted octanol–water partition coefficient (Wildman–Crippen LogP) is 4.83. The quantitative estimate of drug-likeness (QED) is 0.0543. The lowest BCUT2D eigenvalue weighted by Gasteiger charge is -2.09. The fourth-order valence-electron chi connectivity index (χ4n) is 4.16. The van der Waals surface area contributed by atoms with Crippen molar-refractivity contribution in [3.8, 4) is 0 Å². The lowest BCUT2D eigenvalue weighted by atomic mass is 10.2. The van der Waals surface area contributed by atoms with E-state index in [0.717, 1.165) is 11.2 Å². The number of rotatable bonds is 12. The van der Waals surface area contributed by atoms with E-state index < -0.39 is 5.82 Å². The van der Waals surface area contributed by atoms with E-state index in [0.29, 0.717) is 49.3 Å². The second-order valence-corrected chi connectivity index (χ2v) is 10.4. The van der Waals surface area contributed by atoms with Gasteiger partial charge in [-0.05, 0) is 87.1 Å². The molecule has 0 unspecified atom stereocenters. The van der Waals surface area contributed by atoms with Gasteiger partial charge >= 0.3 is 0 Å². The number of hydroxylamine groups is 1. The Morgan fingerprint density at radius 3 is 2.70 bits per heavy atom. The Kier molecular flexibility index (Phi) is 9.89. The molecule has 0 aliphatic carbocycles. The van der Waals surface area contributed by atoms with Gasteiger partial charge in [-0.3, -0.25) is 20.3 Å². The number of amides is 2. The molecule has 5 N–H and O–H groups in total. The smallest absolute Gasteiger partial charge is 0.253 e. The molecule has 0 fully saturated rings. The van der Waals surface area contributed by atoms with Crippen LogP contribution in [0, 0.1) is 5.82 Å². The van der Waals surface area contributed by atoms with Crippen LogP contribution in [0.2, 0.25) is 0 Å². The first-order valence-corrected chi connectivity index (χ1v) is 14.3. The molecule has 15 heteroatoms.